The van der Waals surface area contributed by atoms with Crippen LogP contribution in [-0.4, -0.2) is 22.6 Å². The second-order valence-electron chi connectivity index (χ2n) is 6.38. The summed E-state index contributed by atoms with van der Waals surface area (Å²) in [6, 6.07) is 6.63. The van der Waals surface area contributed by atoms with Gasteiger partial charge in [0.15, 0.2) is 0 Å². The van der Waals surface area contributed by atoms with E-state index < -0.39 is 0 Å². The Morgan fingerprint density at radius 3 is 2.60 bits per heavy atom. The lowest BCUT2D eigenvalue weighted by molar-refractivity contribution is 0.179. The highest BCUT2D eigenvalue weighted by Gasteiger charge is 2.22. The van der Waals surface area contributed by atoms with E-state index in [0.29, 0.717) is 5.75 Å². The fourth-order valence-electron chi connectivity index (χ4n) is 2.97. The Hall–Kier alpha value is -0.540. The molecule has 0 saturated heterocycles. The van der Waals surface area contributed by atoms with Gasteiger partial charge in [-0.3, -0.25) is 4.90 Å². The molecule has 0 radical (unpaired) electrons. The normalized spacial score (nSPS) is 16.4. The van der Waals surface area contributed by atoms with Crippen molar-refractivity contribution in [1.82, 2.24) is 4.90 Å². The average molecular weight is 340 g/mol. The summed E-state index contributed by atoms with van der Waals surface area (Å²) in [5, 5.41) is 9.61. The van der Waals surface area contributed by atoms with Crippen molar-refractivity contribution in [3.05, 3.63) is 28.2 Å². The minimum atomic E-state index is 0.323. The third kappa shape index (κ3) is 4.49. The maximum absolute atomic E-state index is 9.61. The second kappa shape index (κ2) is 7.46. The highest BCUT2D eigenvalue weighted by atomic mass is 79.9. The Morgan fingerprint density at radius 1 is 1.30 bits per heavy atom. The van der Waals surface area contributed by atoms with Crippen LogP contribution < -0.4 is 0 Å². The zero-order valence-electron chi connectivity index (χ0n) is 12.6. The van der Waals surface area contributed by atoms with Crippen LogP contribution in [0.3, 0.4) is 0 Å². The number of aromatic hydroxyl groups is 1. The molecule has 1 aromatic rings. The monoisotopic (exact) mass is 339 g/mol. The Balaban J connectivity index is 2.03. The summed E-state index contributed by atoms with van der Waals surface area (Å²) < 4.78 is 0.797. The van der Waals surface area contributed by atoms with Crippen LogP contribution in [0.5, 0.6) is 5.75 Å². The lowest BCUT2D eigenvalue weighted by Gasteiger charge is -2.29. The average Bonchev–Trinajstić information content (AvgIpc) is 2.92. The summed E-state index contributed by atoms with van der Waals surface area (Å²) in [5.41, 5.74) is 1.28. The van der Waals surface area contributed by atoms with Crippen molar-refractivity contribution in [3.63, 3.8) is 0 Å². The summed E-state index contributed by atoms with van der Waals surface area (Å²) in [6.07, 6.45) is 6.70. The van der Waals surface area contributed by atoms with Gasteiger partial charge in [0.2, 0.25) is 0 Å². The topological polar surface area (TPSA) is 23.5 Å². The summed E-state index contributed by atoms with van der Waals surface area (Å²) >= 11 is 3.41. The number of rotatable bonds is 6. The molecule has 2 rings (SSSR count). The molecule has 1 fully saturated rings. The molecule has 1 aliphatic carbocycles. The summed E-state index contributed by atoms with van der Waals surface area (Å²) in [7, 11) is 0. The Labute approximate surface area is 131 Å². The first-order valence-electron chi connectivity index (χ1n) is 7.77. The number of hydrogen-bond donors (Lipinski definition) is 1. The zero-order chi connectivity index (χ0) is 14.5. The molecule has 112 valence electrons. The van der Waals surface area contributed by atoms with E-state index in [1.807, 2.05) is 12.1 Å². The van der Waals surface area contributed by atoms with Crippen molar-refractivity contribution in [2.24, 2.45) is 5.92 Å². The van der Waals surface area contributed by atoms with Crippen LogP contribution in [-0.2, 0) is 6.54 Å². The van der Waals surface area contributed by atoms with Crippen LogP contribution in [0.4, 0.5) is 0 Å². The van der Waals surface area contributed by atoms with Crippen LogP contribution >= 0.6 is 15.9 Å². The Bertz CT molecular complexity index is 427. The number of benzene rings is 1. The van der Waals surface area contributed by atoms with Crippen LogP contribution in [0.2, 0.25) is 0 Å². The molecule has 2 nitrogen and oxygen atoms in total. The first-order chi connectivity index (χ1) is 9.56. The molecule has 0 heterocycles. The molecular formula is C17H26BrNO. The smallest absolute Gasteiger partial charge is 0.129 e. The largest absolute Gasteiger partial charge is 0.507 e. The molecule has 0 aliphatic heterocycles. The van der Waals surface area contributed by atoms with E-state index >= 15 is 0 Å². The lowest BCUT2D eigenvalue weighted by Crippen LogP contribution is -2.34. The first-order valence-corrected chi connectivity index (χ1v) is 8.57. The predicted octanol–water partition coefficient (Wildman–Crippen LogP) is 4.95. The fraction of sp³-hybridized carbons (Fsp3) is 0.647. The molecule has 1 aliphatic rings. The van der Waals surface area contributed by atoms with E-state index in [4.69, 9.17) is 0 Å². The van der Waals surface area contributed by atoms with Crippen LogP contribution in [0.1, 0.15) is 51.5 Å². The molecule has 1 aromatic carbocycles. The Morgan fingerprint density at radius 2 is 2.00 bits per heavy atom. The third-order valence-electron chi connectivity index (χ3n) is 4.23. The van der Waals surface area contributed by atoms with E-state index in [9.17, 15) is 5.11 Å². The molecule has 0 atom stereocenters. The van der Waals surface area contributed by atoms with Gasteiger partial charge in [-0.05, 0) is 65.4 Å². The van der Waals surface area contributed by atoms with Crippen LogP contribution in [0, 0.1) is 5.92 Å². The van der Waals surface area contributed by atoms with Crippen molar-refractivity contribution < 1.29 is 5.11 Å². The number of phenolic OH excluding ortho intramolecular Hbond substituents is 1. The fourth-order valence-corrected chi connectivity index (χ4v) is 3.39. The van der Waals surface area contributed by atoms with Crippen molar-refractivity contribution in [3.8, 4) is 5.75 Å². The number of hydrogen-bond acceptors (Lipinski definition) is 2. The number of halogens is 1. The van der Waals surface area contributed by atoms with E-state index in [1.54, 1.807) is 6.07 Å². The minimum Gasteiger partial charge on any atom is -0.507 e. The quantitative estimate of drug-likeness (QED) is 0.792. The van der Waals surface area contributed by atoms with Gasteiger partial charge in [-0.25, -0.2) is 0 Å². The SMILES string of the molecule is CC(C)CCN(Cc1ccc(O)c(Br)c1)C1CCCC1. The van der Waals surface area contributed by atoms with Gasteiger partial charge in [-0.1, -0.05) is 32.8 Å². The minimum absolute atomic E-state index is 0.323. The molecular weight excluding hydrogens is 314 g/mol. The van der Waals surface area contributed by atoms with E-state index in [-0.39, 0.29) is 0 Å². The lowest BCUT2D eigenvalue weighted by atomic mass is 10.1. The van der Waals surface area contributed by atoms with Crippen molar-refractivity contribution in [1.29, 1.82) is 0 Å². The van der Waals surface area contributed by atoms with Crippen molar-refractivity contribution in [2.45, 2.75) is 58.5 Å². The number of nitrogens with zero attached hydrogens (tertiary/aromatic N) is 1. The summed E-state index contributed by atoms with van der Waals surface area (Å²) in [4.78, 5) is 2.64. The summed E-state index contributed by atoms with van der Waals surface area (Å²) in [6.45, 7) is 6.77. The molecule has 0 spiro atoms. The van der Waals surface area contributed by atoms with Crippen molar-refractivity contribution in [2.75, 3.05) is 6.54 Å². The second-order valence-corrected chi connectivity index (χ2v) is 7.23. The maximum Gasteiger partial charge on any atom is 0.129 e. The predicted molar refractivity (Wildman–Crippen MR) is 87.9 cm³/mol. The van der Waals surface area contributed by atoms with E-state index in [1.165, 1.54) is 44.2 Å². The maximum atomic E-state index is 9.61. The van der Waals surface area contributed by atoms with Gasteiger partial charge in [0.1, 0.15) is 5.75 Å². The summed E-state index contributed by atoms with van der Waals surface area (Å²) in [5.74, 6) is 1.08. The van der Waals surface area contributed by atoms with Gasteiger partial charge < -0.3 is 5.11 Å². The van der Waals surface area contributed by atoms with E-state index in [2.05, 4.69) is 34.7 Å². The number of phenols is 1. The highest BCUT2D eigenvalue weighted by Crippen LogP contribution is 2.28. The third-order valence-corrected chi connectivity index (χ3v) is 4.87. The highest BCUT2D eigenvalue weighted by molar-refractivity contribution is 9.10. The van der Waals surface area contributed by atoms with Gasteiger partial charge in [0.25, 0.3) is 0 Å². The van der Waals surface area contributed by atoms with E-state index in [0.717, 1.165) is 23.0 Å². The molecule has 1 saturated carbocycles. The van der Waals surface area contributed by atoms with Crippen LogP contribution in [0.25, 0.3) is 0 Å². The molecule has 3 heteroatoms. The molecule has 0 bridgehead atoms. The van der Waals surface area contributed by atoms with Crippen molar-refractivity contribution >= 4 is 15.9 Å². The van der Waals surface area contributed by atoms with Gasteiger partial charge in [-0.15, -0.1) is 0 Å². The van der Waals surface area contributed by atoms with Gasteiger partial charge in [-0.2, -0.15) is 0 Å². The first kappa shape index (κ1) is 15.8. The standard InChI is InChI=1S/C17H26BrNO/c1-13(2)9-10-19(15-5-3-4-6-15)12-14-7-8-17(20)16(18)11-14/h7-8,11,13,15,20H,3-6,9-10,12H2,1-2H3. The van der Waals surface area contributed by atoms with Gasteiger partial charge >= 0.3 is 0 Å². The molecule has 0 unspecified atom stereocenters. The zero-order valence-corrected chi connectivity index (χ0v) is 14.2. The molecule has 0 amide bonds. The molecule has 0 aromatic heterocycles. The van der Waals surface area contributed by atoms with Gasteiger partial charge in [0, 0.05) is 12.6 Å². The van der Waals surface area contributed by atoms with Crippen LogP contribution in [0.15, 0.2) is 22.7 Å². The Kier molecular flexibility index (Phi) is 5.91. The molecule has 1 N–H and O–H groups in total. The van der Waals surface area contributed by atoms with Gasteiger partial charge in [0.05, 0.1) is 4.47 Å². The molecule has 20 heavy (non-hydrogen) atoms.